The smallest absolute Gasteiger partial charge is 0.326 e. The van der Waals surface area contributed by atoms with Crippen molar-refractivity contribution in [1.29, 1.82) is 0 Å². The summed E-state index contributed by atoms with van der Waals surface area (Å²) in [5.41, 5.74) is 1.90. The van der Waals surface area contributed by atoms with Crippen LogP contribution in [0, 0.1) is 0 Å². The molecule has 0 bridgehead atoms. The minimum Gasteiger partial charge on any atom is -0.480 e. The van der Waals surface area contributed by atoms with Crippen LogP contribution in [0.15, 0.2) is 61.2 Å². The molecular formula is C24H26N2O3. The molecule has 29 heavy (non-hydrogen) atoms. The highest BCUT2D eigenvalue weighted by Crippen LogP contribution is 2.26. The maximum Gasteiger partial charge on any atom is 0.326 e. The molecule has 0 spiro atoms. The summed E-state index contributed by atoms with van der Waals surface area (Å²) in [7, 11) is 0. The second-order valence-corrected chi connectivity index (χ2v) is 7.17. The number of aliphatic carboxylic acids is 1. The molecule has 1 heterocycles. The molecule has 3 aromatic rings. The molecule has 0 radical (unpaired) electrons. The van der Waals surface area contributed by atoms with Gasteiger partial charge in [0.2, 0.25) is 0 Å². The molecule has 0 unspecified atom stereocenters. The van der Waals surface area contributed by atoms with Gasteiger partial charge in [-0.1, -0.05) is 61.7 Å². The second kappa shape index (κ2) is 9.82. The van der Waals surface area contributed by atoms with Gasteiger partial charge in [-0.3, -0.25) is 4.79 Å². The van der Waals surface area contributed by atoms with Crippen LogP contribution in [0.4, 0.5) is 0 Å². The monoisotopic (exact) mass is 390 g/mol. The fourth-order valence-corrected chi connectivity index (χ4v) is 3.56. The van der Waals surface area contributed by atoms with E-state index < -0.39 is 12.0 Å². The molecule has 0 aliphatic heterocycles. The molecule has 5 heteroatoms. The molecule has 1 amide bonds. The Morgan fingerprint density at radius 2 is 1.55 bits per heavy atom. The largest absolute Gasteiger partial charge is 0.480 e. The number of pyridine rings is 1. The van der Waals surface area contributed by atoms with Crippen molar-refractivity contribution in [1.82, 2.24) is 10.3 Å². The molecular weight excluding hydrogens is 364 g/mol. The van der Waals surface area contributed by atoms with Crippen LogP contribution >= 0.6 is 0 Å². The molecule has 0 fully saturated rings. The maximum absolute atomic E-state index is 13.1. The van der Waals surface area contributed by atoms with E-state index in [4.69, 9.17) is 0 Å². The Kier molecular flexibility index (Phi) is 6.95. The maximum atomic E-state index is 13.1. The van der Waals surface area contributed by atoms with Crippen LogP contribution in [-0.4, -0.2) is 28.0 Å². The molecule has 1 atom stereocenters. The summed E-state index contributed by atoms with van der Waals surface area (Å²) < 4.78 is 0. The van der Waals surface area contributed by atoms with Crippen molar-refractivity contribution in [2.75, 3.05) is 0 Å². The lowest BCUT2D eigenvalue weighted by molar-refractivity contribution is -0.139. The number of benzene rings is 2. The van der Waals surface area contributed by atoms with Gasteiger partial charge in [-0.2, -0.15) is 0 Å². The number of unbranched alkanes of at least 4 members (excludes halogenated alkanes) is 4. The minimum absolute atomic E-state index is 0.376. The number of rotatable bonds is 10. The lowest BCUT2D eigenvalue weighted by Gasteiger charge is -2.16. The highest BCUT2D eigenvalue weighted by molar-refractivity contribution is 6.16. The number of hydrogen-bond acceptors (Lipinski definition) is 3. The summed E-state index contributed by atoms with van der Waals surface area (Å²) in [6.07, 6.45) is 7.07. The molecule has 2 N–H and O–H groups in total. The summed E-state index contributed by atoms with van der Waals surface area (Å²) >= 11 is 0. The van der Waals surface area contributed by atoms with Crippen LogP contribution in [0.5, 0.6) is 0 Å². The van der Waals surface area contributed by atoms with E-state index in [1.165, 1.54) is 0 Å². The highest BCUT2D eigenvalue weighted by atomic mass is 16.4. The van der Waals surface area contributed by atoms with Gasteiger partial charge in [0.15, 0.2) is 0 Å². The van der Waals surface area contributed by atoms with Gasteiger partial charge in [-0.15, -0.1) is 6.58 Å². The van der Waals surface area contributed by atoms with Gasteiger partial charge >= 0.3 is 5.97 Å². The van der Waals surface area contributed by atoms with Gasteiger partial charge in [0, 0.05) is 10.8 Å². The van der Waals surface area contributed by atoms with Gasteiger partial charge in [-0.25, -0.2) is 9.78 Å². The van der Waals surface area contributed by atoms with Crippen molar-refractivity contribution in [2.24, 2.45) is 0 Å². The summed E-state index contributed by atoms with van der Waals surface area (Å²) in [5.74, 6) is -1.38. The summed E-state index contributed by atoms with van der Waals surface area (Å²) in [6.45, 7) is 3.70. The Hall–Kier alpha value is -3.21. The van der Waals surface area contributed by atoms with Crippen LogP contribution in [0.25, 0.3) is 21.8 Å². The van der Waals surface area contributed by atoms with Gasteiger partial charge in [-0.05, 0) is 31.4 Å². The Labute approximate surface area is 170 Å². The number of nitrogens with zero attached hydrogens (tertiary/aromatic N) is 1. The topological polar surface area (TPSA) is 79.3 Å². The number of hydrogen-bond donors (Lipinski definition) is 2. The number of carboxylic acids is 1. The number of carboxylic acid groups (broad SMARTS) is 1. The van der Waals surface area contributed by atoms with Crippen LogP contribution in [0.2, 0.25) is 0 Å². The summed E-state index contributed by atoms with van der Waals surface area (Å²) in [6, 6.07) is 14.0. The van der Waals surface area contributed by atoms with E-state index in [-0.39, 0.29) is 5.91 Å². The van der Waals surface area contributed by atoms with Crippen molar-refractivity contribution in [3.63, 3.8) is 0 Å². The van der Waals surface area contributed by atoms with Gasteiger partial charge in [0.05, 0.1) is 16.6 Å². The molecule has 0 aliphatic rings. The fraction of sp³-hybridized carbons (Fsp3) is 0.292. The summed E-state index contributed by atoms with van der Waals surface area (Å²) in [4.78, 5) is 29.5. The Balaban J connectivity index is 1.81. The van der Waals surface area contributed by atoms with Crippen LogP contribution < -0.4 is 5.32 Å². The van der Waals surface area contributed by atoms with Crippen molar-refractivity contribution < 1.29 is 14.7 Å². The average Bonchev–Trinajstić information content (AvgIpc) is 2.73. The van der Waals surface area contributed by atoms with E-state index in [1.807, 2.05) is 54.6 Å². The third kappa shape index (κ3) is 4.99. The predicted octanol–water partition coefficient (Wildman–Crippen LogP) is 5.10. The third-order valence-electron chi connectivity index (χ3n) is 5.07. The zero-order valence-electron chi connectivity index (χ0n) is 16.4. The number of aromatic nitrogens is 1. The first-order chi connectivity index (χ1) is 14.1. The molecule has 5 nitrogen and oxygen atoms in total. The quantitative estimate of drug-likeness (QED) is 0.287. The SMILES string of the molecule is C=CCCCCCC[C@H](NC(=O)c1c2ccccc2nc2ccccc12)C(=O)O. The van der Waals surface area contributed by atoms with Crippen molar-refractivity contribution >= 4 is 33.7 Å². The molecule has 0 aliphatic carbocycles. The van der Waals surface area contributed by atoms with E-state index in [0.29, 0.717) is 23.0 Å². The Morgan fingerprint density at radius 1 is 0.966 bits per heavy atom. The molecule has 0 saturated heterocycles. The van der Waals surface area contributed by atoms with Crippen molar-refractivity contribution in [2.45, 2.75) is 44.6 Å². The van der Waals surface area contributed by atoms with Crippen molar-refractivity contribution in [3.8, 4) is 0 Å². The first-order valence-electron chi connectivity index (χ1n) is 10.0. The van der Waals surface area contributed by atoms with E-state index in [9.17, 15) is 14.7 Å². The zero-order chi connectivity index (χ0) is 20.6. The fourth-order valence-electron chi connectivity index (χ4n) is 3.56. The number of allylic oxidation sites excluding steroid dienone is 1. The van der Waals surface area contributed by atoms with E-state index >= 15 is 0 Å². The standard InChI is InChI=1S/C24H26N2O3/c1-2-3-4-5-6-7-16-21(24(28)29)26-23(27)22-17-12-8-10-14-19(17)25-20-15-11-9-13-18(20)22/h2,8-15,21H,1,3-7,16H2,(H,26,27)(H,28,29)/t21-/m0/s1. The number of nitrogens with one attached hydrogen (secondary N) is 1. The molecule has 150 valence electrons. The van der Waals surface area contributed by atoms with Crippen LogP contribution in [0.3, 0.4) is 0 Å². The summed E-state index contributed by atoms with van der Waals surface area (Å²) in [5, 5.41) is 13.8. The van der Waals surface area contributed by atoms with Crippen LogP contribution in [-0.2, 0) is 4.79 Å². The number of amides is 1. The number of carbonyl (C=O) groups excluding carboxylic acids is 1. The normalized spacial score (nSPS) is 12.0. The molecule has 0 saturated carbocycles. The second-order valence-electron chi connectivity index (χ2n) is 7.17. The lowest BCUT2D eigenvalue weighted by atomic mass is 10.0. The predicted molar refractivity (Wildman–Crippen MR) is 116 cm³/mol. The Bertz CT molecular complexity index is 975. The van der Waals surface area contributed by atoms with E-state index in [2.05, 4.69) is 16.9 Å². The number of carbonyl (C=O) groups is 2. The highest BCUT2D eigenvalue weighted by Gasteiger charge is 2.23. The Morgan fingerprint density at radius 3 is 2.14 bits per heavy atom. The minimum atomic E-state index is -1.01. The molecule has 3 rings (SSSR count). The molecule has 1 aromatic heterocycles. The van der Waals surface area contributed by atoms with Gasteiger partial charge < -0.3 is 10.4 Å². The van der Waals surface area contributed by atoms with E-state index in [0.717, 1.165) is 42.9 Å². The van der Waals surface area contributed by atoms with E-state index in [1.54, 1.807) is 0 Å². The number of para-hydroxylation sites is 2. The van der Waals surface area contributed by atoms with Gasteiger partial charge in [0.1, 0.15) is 6.04 Å². The first kappa shape index (κ1) is 20.5. The van der Waals surface area contributed by atoms with Crippen molar-refractivity contribution in [3.05, 3.63) is 66.7 Å². The van der Waals surface area contributed by atoms with Crippen LogP contribution in [0.1, 0.15) is 48.9 Å². The first-order valence-corrected chi connectivity index (χ1v) is 10.0. The third-order valence-corrected chi connectivity index (χ3v) is 5.07. The van der Waals surface area contributed by atoms with Gasteiger partial charge in [0.25, 0.3) is 5.91 Å². The number of fused-ring (bicyclic) bond motifs is 2. The average molecular weight is 390 g/mol. The zero-order valence-corrected chi connectivity index (χ0v) is 16.4. The lowest BCUT2D eigenvalue weighted by Crippen LogP contribution is -2.40. The molecule has 2 aromatic carbocycles.